The molecular weight excluding hydrogens is 287 g/mol. The van der Waals surface area contributed by atoms with Crippen LogP contribution in [0.3, 0.4) is 0 Å². The molecule has 0 fully saturated rings. The predicted molar refractivity (Wildman–Crippen MR) is 68.2 cm³/mol. The van der Waals surface area contributed by atoms with E-state index in [0.29, 0.717) is 6.07 Å². The van der Waals surface area contributed by atoms with E-state index in [9.17, 15) is 18.0 Å². The number of ether oxygens (including phenoxy) is 1. The molecule has 0 aliphatic rings. The van der Waals surface area contributed by atoms with Crippen LogP contribution in [0.4, 0.5) is 13.2 Å². The van der Waals surface area contributed by atoms with Gasteiger partial charge in [-0.05, 0) is 23.8 Å². The maximum absolute atomic E-state index is 13.1. The van der Waals surface area contributed by atoms with Gasteiger partial charge in [-0.1, -0.05) is 6.07 Å². The van der Waals surface area contributed by atoms with Crippen LogP contribution in [-0.4, -0.2) is 23.2 Å². The maximum atomic E-state index is 13.1. The molecule has 0 atom stereocenters. The van der Waals surface area contributed by atoms with Crippen LogP contribution in [0.15, 0.2) is 36.5 Å². The lowest BCUT2D eigenvalue weighted by molar-refractivity contribution is -0.137. The number of carboxylic acid groups (broad SMARTS) is 1. The highest BCUT2D eigenvalue weighted by Gasteiger charge is 2.34. The lowest BCUT2D eigenvalue weighted by Crippen LogP contribution is -2.09. The Labute approximate surface area is 117 Å². The van der Waals surface area contributed by atoms with Gasteiger partial charge in [0, 0.05) is 17.8 Å². The molecule has 0 amide bonds. The van der Waals surface area contributed by atoms with Crippen molar-refractivity contribution in [3.05, 3.63) is 47.7 Å². The fraction of sp³-hybridized carbons (Fsp3) is 0.143. The van der Waals surface area contributed by atoms with Crippen LogP contribution in [0.25, 0.3) is 11.1 Å². The molecule has 1 aromatic heterocycles. The highest BCUT2D eigenvalue weighted by Crippen LogP contribution is 2.37. The summed E-state index contributed by atoms with van der Waals surface area (Å²) in [6.07, 6.45) is -3.43. The van der Waals surface area contributed by atoms with Crippen LogP contribution < -0.4 is 4.74 Å². The number of hydrogen-bond acceptors (Lipinski definition) is 3. The summed E-state index contributed by atoms with van der Waals surface area (Å²) < 4.78 is 44.1. The molecule has 0 aliphatic carbocycles. The van der Waals surface area contributed by atoms with Crippen molar-refractivity contribution in [2.45, 2.75) is 6.18 Å². The molecular formula is C14H10F3NO3. The number of nitrogens with zero attached hydrogens (tertiary/aromatic N) is 1. The molecule has 110 valence electrons. The third kappa shape index (κ3) is 3.13. The van der Waals surface area contributed by atoms with E-state index < -0.39 is 23.3 Å². The predicted octanol–water partition coefficient (Wildman–Crippen LogP) is 3.47. The van der Waals surface area contributed by atoms with Crippen molar-refractivity contribution < 1.29 is 27.8 Å². The number of aromatic nitrogens is 1. The van der Waals surface area contributed by atoms with E-state index in [0.717, 1.165) is 12.1 Å². The summed E-state index contributed by atoms with van der Waals surface area (Å²) >= 11 is 0. The number of alkyl halides is 3. The van der Waals surface area contributed by atoms with Gasteiger partial charge < -0.3 is 9.84 Å². The Bertz CT molecular complexity index is 666. The summed E-state index contributed by atoms with van der Waals surface area (Å²) in [5.41, 5.74) is -1.36. The molecule has 0 saturated carbocycles. The average molecular weight is 297 g/mol. The zero-order valence-electron chi connectivity index (χ0n) is 10.8. The number of benzene rings is 1. The van der Waals surface area contributed by atoms with E-state index in [1.54, 1.807) is 0 Å². The maximum Gasteiger partial charge on any atom is 0.417 e. The Kier molecular flexibility index (Phi) is 3.84. The number of methoxy groups -OCH3 is 1. The summed E-state index contributed by atoms with van der Waals surface area (Å²) in [7, 11) is 1.39. The highest BCUT2D eigenvalue weighted by molar-refractivity contribution is 5.89. The van der Waals surface area contributed by atoms with Gasteiger partial charge in [-0.15, -0.1) is 0 Å². The van der Waals surface area contributed by atoms with Crippen molar-refractivity contribution in [2.24, 2.45) is 0 Å². The molecule has 2 aromatic rings. The largest absolute Gasteiger partial charge is 0.481 e. The zero-order chi connectivity index (χ0) is 15.6. The summed E-state index contributed by atoms with van der Waals surface area (Å²) in [5.74, 6) is -1.14. The first-order valence-corrected chi connectivity index (χ1v) is 5.78. The summed E-state index contributed by atoms with van der Waals surface area (Å²) in [5, 5.41) is 8.81. The third-order valence-electron chi connectivity index (χ3n) is 2.83. The van der Waals surface area contributed by atoms with Gasteiger partial charge in [0.1, 0.15) is 0 Å². The van der Waals surface area contributed by atoms with E-state index in [4.69, 9.17) is 9.84 Å². The van der Waals surface area contributed by atoms with Gasteiger partial charge in [-0.2, -0.15) is 13.2 Å². The molecule has 7 heteroatoms. The summed E-state index contributed by atoms with van der Waals surface area (Å²) in [4.78, 5) is 14.7. The van der Waals surface area contributed by atoms with E-state index in [1.165, 1.54) is 25.4 Å². The van der Waals surface area contributed by atoms with Gasteiger partial charge >= 0.3 is 12.1 Å². The lowest BCUT2D eigenvalue weighted by Gasteiger charge is -2.14. The average Bonchev–Trinajstić information content (AvgIpc) is 2.46. The van der Waals surface area contributed by atoms with Crippen molar-refractivity contribution in [1.82, 2.24) is 4.98 Å². The first-order chi connectivity index (χ1) is 9.82. The molecule has 0 radical (unpaired) electrons. The number of carbonyl (C=O) groups is 1. The monoisotopic (exact) mass is 297 g/mol. The molecule has 0 spiro atoms. The van der Waals surface area contributed by atoms with Crippen molar-refractivity contribution in [3.63, 3.8) is 0 Å². The van der Waals surface area contributed by atoms with E-state index in [-0.39, 0.29) is 17.0 Å². The molecule has 0 aliphatic heterocycles. The molecule has 21 heavy (non-hydrogen) atoms. The van der Waals surface area contributed by atoms with Gasteiger partial charge in [-0.25, -0.2) is 9.78 Å². The number of pyridine rings is 1. The number of aromatic carboxylic acids is 1. The minimum Gasteiger partial charge on any atom is -0.481 e. The van der Waals surface area contributed by atoms with Crippen LogP contribution in [0.1, 0.15) is 15.9 Å². The molecule has 0 saturated heterocycles. The first kappa shape index (κ1) is 14.8. The summed E-state index contributed by atoms with van der Waals surface area (Å²) in [6.45, 7) is 0. The fourth-order valence-electron chi connectivity index (χ4n) is 1.82. The second-order valence-corrected chi connectivity index (χ2v) is 4.15. The van der Waals surface area contributed by atoms with Crippen molar-refractivity contribution >= 4 is 5.97 Å². The SMILES string of the molecule is COc1ccc(-c2ccc(C(=O)O)cc2C(F)(F)F)cn1. The second kappa shape index (κ2) is 5.43. The van der Waals surface area contributed by atoms with Crippen LogP contribution in [-0.2, 0) is 6.18 Å². The van der Waals surface area contributed by atoms with Crippen LogP contribution in [0.2, 0.25) is 0 Å². The molecule has 2 rings (SSSR count). The molecule has 1 heterocycles. The smallest absolute Gasteiger partial charge is 0.417 e. The minimum atomic E-state index is -4.67. The van der Waals surface area contributed by atoms with Crippen molar-refractivity contribution in [3.8, 4) is 17.0 Å². The van der Waals surface area contributed by atoms with E-state index in [1.807, 2.05) is 0 Å². The van der Waals surface area contributed by atoms with Crippen LogP contribution in [0, 0.1) is 0 Å². The zero-order valence-corrected chi connectivity index (χ0v) is 10.8. The quantitative estimate of drug-likeness (QED) is 0.942. The van der Waals surface area contributed by atoms with Gasteiger partial charge in [0.2, 0.25) is 5.88 Å². The summed E-state index contributed by atoms with van der Waals surface area (Å²) in [6, 6.07) is 5.71. The molecule has 0 bridgehead atoms. The fourth-order valence-corrected chi connectivity index (χ4v) is 1.82. The normalized spacial score (nSPS) is 11.2. The minimum absolute atomic E-state index is 0.136. The first-order valence-electron chi connectivity index (χ1n) is 5.78. The number of halogens is 3. The van der Waals surface area contributed by atoms with Crippen molar-refractivity contribution in [1.29, 1.82) is 0 Å². The van der Waals surface area contributed by atoms with E-state index >= 15 is 0 Å². The number of hydrogen-bond donors (Lipinski definition) is 1. The Morgan fingerprint density at radius 3 is 2.43 bits per heavy atom. The highest BCUT2D eigenvalue weighted by atomic mass is 19.4. The number of rotatable bonds is 3. The van der Waals surface area contributed by atoms with E-state index in [2.05, 4.69) is 4.98 Å². The van der Waals surface area contributed by atoms with Gasteiger partial charge in [0.15, 0.2) is 0 Å². The topological polar surface area (TPSA) is 59.4 Å². The Morgan fingerprint density at radius 2 is 1.95 bits per heavy atom. The molecule has 0 unspecified atom stereocenters. The Balaban J connectivity index is 2.58. The lowest BCUT2D eigenvalue weighted by atomic mass is 9.98. The Morgan fingerprint density at radius 1 is 1.24 bits per heavy atom. The molecule has 1 N–H and O–H groups in total. The third-order valence-corrected chi connectivity index (χ3v) is 2.83. The standard InChI is InChI=1S/C14H10F3NO3/c1-21-12-5-3-9(7-18-12)10-4-2-8(13(19)20)6-11(10)14(15,16)17/h2-7H,1H3,(H,19,20). The van der Waals surface area contributed by atoms with Gasteiger partial charge in [0.25, 0.3) is 0 Å². The molecule has 1 aromatic carbocycles. The van der Waals surface area contributed by atoms with Gasteiger partial charge in [-0.3, -0.25) is 0 Å². The van der Waals surface area contributed by atoms with Crippen LogP contribution >= 0.6 is 0 Å². The second-order valence-electron chi connectivity index (χ2n) is 4.15. The number of carboxylic acids is 1. The Hall–Kier alpha value is -2.57. The van der Waals surface area contributed by atoms with Crippen LogP contribution in [0.5, 0.6) is 5.88 Å². The molecule has 4 nitrogen and oxygen atoms in total. The van der Waals surface area contributed by atoms with Crippen molar-refractivity contribution in [2.75, 3.05) is 7.11 Å². The van der Waals surface area contributed by atoms with Gasteiger partial charge in [0.05, 0.1) is 18.2 Å².